The first-order valence-corrected chi connectivity index (χ1v) is 12.0. The van der Waals surface area contributed by atoms with Crippen molar-refractivity contribution in [3.05, 3.63) is 70.9 Å². The minimum Gasteiger partial charge on any atom is -0.492 e. The Morgan fingerprint density at radius 1 is 1.18 bits per heavy atom. The van der Waals surface area contributed by atoms with Crippen molar-refractivity contribution in [3.63, 3.8) is 0 Å². The number of para-hydroxylation sites is 1. The fourth-order valence-corrected chi connectivity index (χ4v) is 4.21. The zero-order valence-corrected chi connectivity index (χ0v) is 20.0. The van der Waals surface area contributed by atoms with Gasteiger partial charge in [-0.15, -0.1) is 0 Å². The Kier molecular flexibility index (Phi) is 7.66. The maximum atomic E-state index is 13.0. The lowest BCUT2D eigenvalue weighted by Gasteiger charge is -2.26. The highest BCUT2D eigenvalue weighted by Gasteiger charge is 2.22. The Bertz CT molecular complexity index is 1220. The number of carbonyl (C=O) groups is 1. The summed E-state index contributed by atoms with van der Waals surface area (Å²) in [6, 6.07) is 17.3. The largest absolute Gasteiger partial charge is 0.492 e. The quantitative estimate of drug-likeness (QED) is 0.315. The number of rotatable bonds is 7. The molecule has 1 aromatic heterocycles. The van der Waals surface area contributed by atoms with Gasteiger partial charge in [-0.3, -0.25) is 4.79 Å². The van der Waals surface area contributed by atoms with Crippen molar-refractivity contribution in [2.75, 3.05) is 19.7 Å². The highest BCUT2D eigenvalue weighted by atomic mass is 35.5. The van der Waals surface area contributed by atoms with Crippen LogP contribution in [0, 0.1) is 11.3 Å². The molecule has 174 valence electrons. The number of hydrogen-bond donors (Lipinski definition) is 0. The van der Waals surface area contributed by atoms with E-state index in [1.54, 1.807) is 21.7 Å². The number of halogens is 1. The van der Waals surface area contributed by atoms with Crippen LogP contribution in [0.4, 0.5) is 0 Å². The number of aromatic nitrogens is 2. The van der Waals surface area contributed by atoms with Crippen LogP contribution in [0.1, 0.15) is 38.2 Å². The second-order valence-electron chi connectivity index (χ2n) is 8.23. The summed E-state index contributed by atoms with van der Waals surface area (Å²) in [4.78, 5) is 14.8. The van der Waals surface area contributed by atoms with E-state index in [-0.39, 0.29) is 11.5 Å². The van der Waals surface area contributed by atoms with E-state index in [2.05, 4.69) is 6.07 Å². The summed E-state index contributed by atoms with van der Waals surface area (Å²) >= 11 is 6.49. The molecule has 1 saturated heterocycles. The number of benzene rings is 2. The lowest BCUT2D eigenvalue weighted by Crippen LogP contribution is -2.36. The molecule has 1 aliphatic heterocycles. The van der Waals surface area contributed by atoms with Crippen molar-refractivity contribution in [2.24, 2.45) is 0 Å². The maximum Gasteiger partial charge on any atom is 0.264 e. The first-order valence-electron chi connectivity index (χ1n) is 11.6. The molecule has 2 aromatic carbocycles. The monoisotopic (exact) mass is 474 g/mol. The van der Waals surface area contributed by atoms with E-state index in [0.717, 1.165) is 36.9 Å². The number of nitriles is 1. The molecule has 0 unspecified atom stereocenters. The summed E-state index contributed by atoms with van der Waals surface area (Å²) in [5.74, 6) is 0.381. The van der Waals surface area contributed by atoms with Crippen LogP contribution in [0.2, 0.25) is 5.02 Å². The molecule has 1 aliphatic rings. The third kappa shape index (κ3) is 5.32. The maximum absolute atomic E-state index is 13.0. The summed E-state index contributed by atoms with van der Waals surface area (Å²) in [5.41, 5.74) is 3.05. The Hall–Kier alpha value is -3.56. The first kappa shape index (κ1) is 23.6. The fourth-order valence-electron chi connectivity index (χ4n) is 3.97. The van der Waals surface area contributed by atoms with Gasteiger partial charge in [0.25, 0.3) is 5.91 Å². The number of carbonyl (C=O) groups excluding carboxylic acids is 1. The van der Waals surface area contributed by atoms with Gasteiger partial charge in [0.15, 0.2) is 0 Å². The predicted octanol–water partition coefficient (Wildman–Crippen LogP) is 5.90. The van der Waals surface area contributed by atoms with E-state index in [0.29, 0.717) is 41.7 Å². The first-order chi connectivity index (χ1) is 16.6. The molecule has 0 aliphatic carbocycles. The van der Waals surface area contributed by atoms with E-state index in [1.165, 1.54) is 0 Å². The molecule has 0 N–H and O–H groups in total. The van der Waals surface area contributed by atoms with Crippen molar-refractivity contribution >= 4 is 23.6 Å². The van der Waals surface area contributed by atoms with Gasteiger partial charge < -0.3 is 9.64 Å². The molecule has 0 radical (unpaired) electrons. The smallest absolute Gasteiger partial charge is 0.264 e. The highest BCUT2D eigenvalue weighted by Crippen LogP contribution is 2.33. The van der Waals surface area contributed by atoms with E-state index in [4.69, 9.17) is 21.4 Å². The van der Waals surface area contributed by atoms with Gasteiger partial charge >= 0.3 is 0 Å². The number of ether oxygens (including phenoxy) is 1. The molecule has 4 rings (SSSR count). The van der Waals surface area contributed by atoms with Gasteiger partial charge in [-0.25, -0.2) is 4.68 Å². The van der Waals surface area contributed by atoms with E-state index < -0.39 is 0 Å². The fraction of sp³-hybridized carbons (Fsp3) is 0.296. The zero-order chi connectivity index (χ0) is 23.9. The van der Waals surface area contributed by atoms with Crippen LogP contribution in [0.25, 0.3) is 23.0 Å². The van der Waals surface area contributed by atoms with Gasteiger partial charge in [0.2, 0.25) is 0 Å². The molecular formula is C27H27ClN4O2. The van der Waals surface area contributed by atoms with Crippen molar-refractivity contribution in [2.45, 2.75) is 32.6 Å². The van der Waals surface area contributed by atoms with Gasteiger partial charge in [-0.1, -0.05) is 36.7 Å². The molecule has 0 bridgehead atoms. The topological polar surface area (TPSA) is 71.1 Å². The summed E-state index contributed by atoms with van der Waals surface area (Å²) in [6.07, 6.45) is 7.40. The summed E-state index contributed by atoms with van der Waals surface area (Å²) in [6.45, 7) is 3.99. The summed E-state index contributed by atoms with van der Waals surface area (Å²) in [7, 11) is 0. The van der Waals surface area contributed by atoms with Crippen LogP contribution in [0.15, 0.2) is 60.3 Å². The number of hydrogen-bond acceptors (Lipinski definition) is 4. The lowest BCUT2D eigenvalue weighted by atomic mass is 10.0. The van der Waals surface area contributed by atoms with Gasteiger partial charge in [0.1, 0.15) is 23.1 Å². The molecule has 0 spiro atoms. The molecule has 7 heteroatoms. The molecule has 2 heterocycles. The van der Waals surface area contributed by atoms with E-state index in [9.17, 15) is 10.1 Å². The SMILES string of the molecule is CCCOc1ccc(-c2nn(-c3ccccc3)cc2/C=C(/C#N)C(=O)N2CCCCC2)cc1Cl. The highest BCUT2D eigenvalue weighted by molar-refractivity contribution is 6.32. The van der Waals surface area contributed by atoms with Crippen molar-refractivity contribution in [3.8, 4) is 28.8 Å². The molecule has 0 saturated carbocycles. The number of piperidine rings is 1. The standard InChI is InChI=1S/C27H27ClN4O2/c1-2-15-34-25-12-11-20(17-24(25)28)26-22(19-32(30-26)23-9-5-3-6-10-23)16-21(18-29)27(33)31-13-7-4-8-14-31/h3,5-6,9-12,16-17,19H,2,4,7-8,13-15H2,1H3/b21-16-. The van der Waals surface area contributed by atoms with Crippen LogP contribution in [0.5, 0.6) is 5.75 Å². The van der Waals surface area contributed by atoms with Gasteiger partial charge in [0, 0.05) is 30.4 Å². The minimum absolute atomic E-state index is 0.102. The Balaban J connectivity index is 1.76. The van der Waals surface area contributed by atoms with Crippen LogP contribution < -0.4 is 4.74 Å². The molecule has 1 fully saturated rings. The van der Waals surface area contributed by atoms with E-state index in [1.807, 2.05) is 55.6 Å². The Morgan fingerprint density at radius 3 is 2.62 bits per heavy atom. The van der Waals surface area contributed by atoms with Gasteiger partial charge in [-0.05, 0) is 62.1 Å². The van der Waals surface area contributed by atoms with Crippen molar-refractivity contribution in [1.29, 1.82) is 5.26 Å². The second kappa shape index (κ2) is 11.0. The molecule has 0 atom stereocenters. The molecular weight excluding hydrogens is 448 g/mol. The lowest BCUT2D eigenvalue weighted by molar-refractivity contribution is -0.127. The van der Waals surface area contributed by atoms with E-state index >= 15 is 0 Å². The van der Waals surface area contributed by atoms with Crippen LogP contribution in [-0.2, 0) is 4.79 Å². The molecule has 1 amide bonds. The number of nitrogens with zero attached hydrogens (tertiary/aromatic N) is 4. The Labute approximate surface area is 205 Å². The summed E-state index contributed by atoms with van der Waals surface area (Å²) < 4.78 is 7.45. The van der Waals surface area contributed by atoms with Crippen LogP contribution in [-0.4, -0.2) is 40.3 Å². The summed E-state index contributed by atoms with van der Waals surface area (Å²) in [5, 5.41) is 15.1. The molecule has 6 nitrogen and oxygen atoms in total. The number of likely N-dealkylation sites (tertiary alicyclic amines) is 1. The van der Waals surface area contributed by atoms with Gasteiger partial charge in [-0.2, -0.15) is 10.4 Å². The van der Waals surface area contributed by atoms with Crippen LogP contribution in [0.3, 0.4) is 0 Å². The third-order valence-electron chi connectivity index (χ3n) is 5.72. The molecule has 34 heavy (non-hydrogen) atoms. The third-order valence-corrected chi connectivity index (χ3v) is 6.02. The minimum atomic E-state index is -0.234. The average Bonchev–Trinajstić information content (AvgIpc) is 3.31. The van der Waals surface area contributed by atoms with Gasteiger partial charge in [0.05, 0.1) is 17.3 Å². The molecule has 3 aromatic rings. The van der Waals surface area contributed by atoms with Crippen LogP contribution >= 0.6 is 11.6 Å². The normalized spacial score (nSPS) is 14.0. The predicted molar refractivity (Wildman–Crippen MR) is 134 cm³/mol. The zero-order valence-electron chi connectivity index (χ0n) is 19.2. The van der Waals surface area contributed by atoms with Crippen molar-refractivity contribution in [1.82, 2.24) is 14.7 Å². The number of amides is 1. The Morgan fingerprint density at radius 2 is 1.94 bits per heavy atom. The van der Waals surface area contributed by atoms with Crippen molar-refractivity contribution < 1.29 is 9.53 Å². The average molecular weight is 475 g/mol. The second-order valence-corrected chi connectivity index (χ2v) is 8.64.